The zero-order valence-electron chi connectivity index (χ0n) is 10.1. The maximum Gasteiger partial charge on any atom is 0.354 e. The molecule has 0 unspecified atom stereocenters. The number of hydrogen-bond acceptors (Lipinski definition) is 4. The van der Waals surface area contributed by atoms with Crippen LogP contribution >= 0.6 is 11.6 Å². The van der Waals surface area contributed by atoms with Crippen molar-refractivity contribution in [2.75, 3.05) is 12.4 Å². The highest BCUT2D eigenvalue weighted by Gasteiger charge is 2.08. The van der Waals surface area contributed by atoms with Gasteiger partial charge in [-0.15, -0.1) is 0 Å². The van der Waals surface area contributed by atoms with Gasteiger partial charge in [0, 0.05) is 5.02 Å². The summed E-state index contributed by atoms with van der Waals surface area (Å²) in [7, 11) is 1.54. The van der Waals surface area contributed by atoms with Crippen molar-refractivity contribution in [2.24, 2.45) is 0 Å². The first kappa shape index (κ1) is 13.2. The Labute approximate surface area is 114 Å². The number of carboxylic acids is 1. The molecule has 2 rings (SSSR count). The normalized spacial score (nSPS) is 10.0. The molecule has 2 N–H and O–H groups in total. The van der Waals surface area contributed by atoms with Crippen molar-refractivity contribution < 1.29 is 14.6 Å². The van der Waals surface area contributed by atoms with Crippen molar-refractivity contribution in [3.8, 4) is 5.75 Å². The number of aromatic nitrogens is 1. The molecule has 19 heavy (non-hydrogen) atoms. The Bertz CT molecular complexity index is 617. The van der Waals surface area contributed by atoms with Crippen molar-refractivity contribution >= 4 is 29.1 Å². The van der Waals surface area contributed by atoms with Crippen LogP contribution in [0.3, 0.4) is 0 Å². The number of carboxylic acid groups (broad SMARTS) is 1. The average molecular weight is 279 g/mol. The van der Waals surface area contributed by atoms with Gasteiger partial charge in [0.05, 0.1) is 12.8 Å². The van der Waals surface area contributed by atoms with Crippen molar-refractivity contribution in [3.05, 3.63) is 47.1 Å². The molecule has 0 spiro atoms. The number of benzene rings is 1. The van der Waals surface area contributed by atoms with E-state index in [0.29, 0.717) is 22.3 Å². The Balaban J connectivity index is 2.33. The number of methoxy groups -OCH3 is 1. The number of rotatable bonds is 4. The van der Waals surface area contributed by atoms with Crippen LogP contribution in [-0.2, 0) is 0 Å². The van der Waals surface area contributed by atoms with E-state index in [2.05, 4.69) is 10.3 Å². The molecule has 1 heterocycles. The van der Waals surface area contributed by atoms with Gasteiger partial charge in [-0.1, -0.05) is 17.7 Å². The van der Waals surface area contributed by atoms with Gasteiger partial charge in [0.1, 0.15) is 11.6 Å². The molecule has 0 aliphatic carbocycles. The maximum atomic E-state index is 10.8. The molecule has 0 saturated carbocycles. The van der Waals surface area contributed by atoms with Crippen molar-refractivity contribution in [1.82, 2.24) is 4.98 Å². The first-order valence-electron chi connectivity index (χ1n) is 5.41. The molecular formula is C13H11ClN2O3. The van der Waals surface area contributed by atoms with Crippen molar-refractivity contribution in [2.45, 2.75) is 0 Å². The van der Waals surface area contributed by atoms with E-state index in [1.807, 2.05) is 0 Å². The largest absolute Gasteiger partial charge is 0.495 e. The molecule has 0 bridgehead atoms. The summed E-state index contributed by atoms with van der Waals surface area (Å²) in [4.78, 5) is 14.8. The van der Waals surface area contributed by atoms with Crippen LogP contribution in [0.15, 0.2) is 36.4 Å². The first-order valence-corrected chi connectivity index (χ1v) is 5.79. The molecule has 0 saturated heterocycles. The van der Waals surface area contributed by atoms with Crippen LogP contribution in [0.5, 0.6) is 5.75 Å². The van der Waals surface area contributed by atoms with E-state index in [9.17, 15) is 4.79 Å². The number of aromatic carboxylic acids is 1. The molecule has 1 aromatic heterocycles. The van der Waals surface area contributed by atoms with E-state index in [1.165, 1.54) is 13.2 Å². The minimum absolute atomic E-state index is 0.0361. The molecule has 0 fully saturated rings. The van der Waals surface area contributed by atoms with Crippen molar-refractivity contribution in [3.63, 3.8) is 0 Å². The van der Waals surface area contributed by atoms with Crippen LogP contribution < -0.4 is 10.1 Å². The number of carbonyl (C=O) groups is 1. The smallest absolute Gasteiger partial charge is 0.354 e. The van der Waals surface area contributed by atoms with E-state index < -0.39 is 5.97 Å². The number of anilines is 2. The Morgan fingerprint density at radius 2 is 2.16 bits per heavy atom. The summed E-state index contributed by atoms with van der Waals surface area (Å²) in [5.74, 6) is -0.0888. The van der Waals surface area contributed by atoms with Crippen LogP contribution in [0.2, 0.25) is 5.02 Å². The number of hydrogen-bond donors (Lipinski definition) is 2. The highest BCUT2D eigenvalue weighted by molar-refractivity contribution is 6.31. The Morgan fingerprint density at radius 3 is 2.84 bits per heavy atom. The predicted molar refractivity (Wildman–Crippen MR) is 72.5 cm³/mol. The van der Waals surface area contributed by atoms with Gasteiger partial charge in [-0.2, -0.15) is 0 Å². The Kier molecular flexibility index (Phi) is 3.87. The molecule has 0 radical (unpaired) electrons. The van der Waals surface area contributed by atoms with Gasteiger partial charge in [-0.25, -0.2) is 9.78 Å². The van der Waals surface area contributed by atoms with Gasteiger partial charge in [0.2, 0.25) is 0 Å². The van der Waals surface area contributed by atoms with E-state index in [4.69, 9.17) is 21.4 Å². The van der Waals surface area contributed by atoms with E-state index >= 15 is 0 Å². The summed E-state index contributed by atoms with van der Waals surface area (Å²) < 4.78 is 5.18. The third kappa shape index (κ3) is 3.14. The topological polar surface area (TPSA) is 71.5 Å². The third-order valence-corrected chi connectivity index (χ3v) is 2.63. The number of nitrogens with one attached hydrogen (secondary N) is 1. The molecule has 6 heteroatoms. The second kappa shape index (κ2) is 5.58. The van der Waals surface area contributed by atoms with E-state index in [-0.39, 0.29) is 5.69 Å². The molecule has 2 aromatic rings. The van der Waals surface area contributed by atoms with Crippen LogP contribution in [0.1, 0.15) is 10.5 Å². The zero-order valence-corrected chi connectivity index (χ0v) is 10.8. The van der Waals surface area contributed by atoms with Gasteiger partial charge in [-0.05, 0) is 30.3 Å². The van der Waals surface area contributed by atoms with Crippen LogP contribution in [0.4, 0.5) is 11.5 Å². The minimum Gasteiger partial charge on any atom is -0.495 e. The number of halogens is 1. The summed E-state index contributed by atoms with van der Waals surface area (Å²) in [6, 6.07) is 9.78. The van der Waals surface area contributed by atoms with Gasteiger partial charge in [0.15, 0.2) is 5.69 Å². The van der Waals surface area contributed by atoms with Crippen LogP contribution in [-0.4, -0.2) is 23.2 Å². The molecule has 0 aliphatic rings. The summed E-state index contributed by atoms with van der Waals surface area (Å²) in [5.41, 5.74) is 0.580. The molecule has 0 atom stereocenters. The molecule has 1 aromatic carbocycles. The fraction of sp³-hybridized carbons (Fsp3) is 0.0769. The lowest BCUT2D eigenvalue weighted by molar-refractivity contribution is 0.0690. The van der Waals surface area contributed by atoms with Crippen LogP contribution in [0.25, 0.3) is 0 Å². The highest BCUT2D eigenvalue weighted by atomic mass is 35.5. The summed E-state index contributed by atoms with van der Waals surface area (Å²) in [6.07, 6.45) is 0. The van der Waals surface area contributed by atoms with Gasteiger partial charge < -0.3 is 15.2 Å². The monoisotopic (exact) mass is 278 g/mol. The highest BCUT2D eigenvalue weighted by Crippen LogP contribution is 2.29. The second-order valence-electron chi connectivity index (χ2n) is 3.68. The van der Waals surface area contributed by atoms with Gasteiger partial charge in [-0.3, -0.25) is 0 Å². The number of pyridine rings is 1. The van der Waals surface area contributed by atoms with Crippen LogP contribution in [0, 0.1) is 0 Å². The summed E-state index contributed by atoms with van der Waals surface area (Å²) in [6.45, 7) is 0. The fourth-order valence-corrected chi connectivity index (χ4v) is 1.71. The lowest BCUT2D eigenvalue weighted by Crippen LogP contribution is -2.03. The summed E-state index contributed by atoms with van der Waals surface area (Å²) >= 11 is 5.91. The maximum absolute atomic E-state index is 10.8. The zero-order chi connectivity index (χ0) is 13.8. The Hall–Kier alpha value is -2.27. The molecule has 0 aliphatic heterocycles. The minimum atomic E-state index is -1.08. The molecule has 5 nitrogen and oxygen atoms in total. The SMILES string of the molecule is COc1ccc(Cl)cc1Nc1cccc(C(=O)O)n1. The van der Waals surface area contributed by atoms with Crippen molar-refractivity contribution in [1.29, 1.82) is 0 Å². The number of ether oxygens (including phenoxy) is 1. The lowest BCUT2D eigenvalue weighted by Gasteiger charge is -2.11. The summed E-state index contributed by atoms with van der Waals surface area (Å²) in [5, 5.41) is 12.4. The van der Waals surface area contributed by atoms with E-state index in [0.717, 1.165) is 0 Å². The lowest BCUT2D eigenvalue weighted by atomic mass is 10.3. The number of nitrogens with zero attached hydrogens (tertiary/aromatic N) is 1. The molecule has 98 valence electrons. The average Bonchev–Trinajstić information content (AvgIpc) is 2.39. The van der Waals surface area contributed by atoms with Gasteiger partial charge >= 0.3 is 5.97 Å². The molecular weight excluding hydrogens is 268 g/mol. The fourth-order valence-electron chi connectivity index (χ4n) is 1.54. The molecule has 0 amide bonds. The van der Waals surface area contributed by atoms with Gasteiger partial charge in [0.25, 0.3) is 0 Å². The quantitative estimate of drug-likeness (QED) is 0.899. The third-order valence-electron chi connectivity index (χ3n) is 2.39. The predicted octanol–water partition coefficient (Wildman–Crippen LogP) is 3.19. The second-order valence-corrected chi connectivity index (χ2v) is 4.12. The Morgan fingerprint density at radius 1 is 1.37 bits per heavy atom. The van der Waals surface area contributed by atoms with E-state index in [1.54, 1.807) is 30.3 Å². The first-order chi connectivity index (χ1) is 9.10. The standard InChI is InChI=1S/C13H11ClN2O3/c1-19-11-6-5-8(14)7-10(11)16-12-4-2-3-9(15-12)13(17)18/h2-7H,1H3,(H,15,16)(H,17,18).